The van der Waals surface area contributed by atoms with E-state index in [0.717, 1.165) is 17.7 Å². The number of anilines is 1. The number of thiazole rings is 1. The Hall–Kier alpha value is -1.43. The number of carbonyl (C=O) groups is 2. The number of aryl methyl sites for hydroxylation is 1. The van der Waals surface area contributed by atoms with Crippen LogP contribution in [0.4, 0.5) is 5.13 Å². The van der Waals surface area contributed by atoms with E-state index in [4.69, 9.17) is 0 Å². The summed E-state index contributed by atoms with van der Waals surface area (Å²) in [7, 11) is 0. The van der Waals surface area contributed by atoms with Crippen LogP contribution in [0.5, 0.6) is 0 Å². The molecule has 1 N–H and O–H groups in total. The van der Waals surface area contributed by atoms with Crippen molar-refractivity contribution in [3.05, 3.63) is 11.1 Å². The highest BCUT2D eigenvalue weighted by Gasteiger charge is 2.32. The number of hydrogen-bond acceptors (Lipinski definition) is 4. The number of nitrogens with one attached hydrogen (secondary N) is 1. The summed E-state index contributed by atoms with van der Waals surface area (Å²) < 4.78 is 0. The van der Waals surface area contributed by atoms with Crippen molar-refractivity contribution < 1.29 is 9.59 Å². The number of carbonyl (C=O) groups excluding carboxylic acids is 2. The van der Waals surface area contributed by atoms with Gasteiger partial charge in [-0.25, -0.2) is 4.98 Å². The summed E-state index contributed by atoms with van der Waals surface area (Å²) in [6, 6.07) is 0. The molecule has 0 unspecified atom stereocenters. The molecule has 1 aliphatic rings. The van der Waals surface area contributed by atoms with Crippen LogP contribution in [0.25, 0.3) is 0 Å². The van der Waals surface area contributed by atoms with E-state index in [9.17, 15) is 9.59 Å². The molecule has 5 nitrogen and oxygen atoms in total. The number of rotatable bonds is 2. The first-order valence-corrected chi connectivity index (χ1v) is 8.11. The lowest BCUT2D eigenvalue weighted by Gasteiger charge is -2.35. The summed E-state index contributed by atoms with van der Waals surface area (Å²) in [6.45, 7) is 9.07. The van der Waals surface area contributed by atoms with E-state index in [1.807, 2.05) is 32.6 Å². The summed E-state index contributed by atoms with van der Waals surface area (Å²) in [4.78, 5) is 31.5. The molecule has 116 valence electrons. The van der Waals surface area contributed by atoms with Crippen molar-refractivity contribution in [3.63, 3.8) is 0 Å². The van der Waals surface area contributed by atoms with Crippen molar-refractivity contribution in [2.45, 2.75) is 40.5 Å². The number of piperidine rings is 1. The molecule has 0 spiro atoms. The van der Waals surface area contributed by atoms with Gasteiger partial charge in [0.1, 0.15) is 0 Å². The molecule has 2 amide bonds. The topological polar surface area (TPSA) is 62.3 Å². The zero-order valence-electron chi connectivity index (χ0n) is 13.1. The van der Waals surface area contributed by atoms with Gasteiger partial charge in [0.25, 0.3) is 0 Å². The zero-order chi connectivity index (χ0) is 15.6. The third kappa shape index (κ3) is 4.03. The Morgan fingerprint density at radius 1 is 1.33 bits per heavy atom. The van der Waals surface area contributed by atoms with Gasteiger partial charge < -0.3 is 10.2 Å². The van der Waals surface area contributed by atoms with Crippen molar-refractivity contribution >= 4 is 28.3 Å². The van der Waals surface area contributed by atoms with Gasteiger partial charge in [-0.2, -0.15) is 0 Å². The highest BCUT2D eigenvalue weighted by atomic mass is 32.1. The van der Waals surface area contributed by atoms with Crippen LogP contribution in [0.1, 0.15) is 38.5 Å². The Labute approximate surface area is 129 Å². The average molecular weight is 309 g/mol. The largest absolute Gasteiger partial charge is 0.342 e. The molecule has 1 aliphatic heterocycles. The average Bonchev–Trinajstić information content (AvgIpc) is 2.82. The minimum atomic E-state index is -0.354. The summed E-state index contributed by atoms with van der Waals surface area (Å²) in [6.07, 6.45) is 3.20. The lowest BCUT2D eigenvalue weighted by Crippen LogP contribution is -2.45. The summed E-state index contributed by atoms with van der Waals surface area (Å²) in [5.41, 5.74) is -0.354. The smallest absolute Gasteiger partial charge is 0.229 e. The molecule has 2 heterocycles. The molecule has 0 bridgehead atoms. The molecule has 2 rings (SSSR count). The first-order valence-electron chi connectivity index (χ1n) is 7.30. The van der Waals surface area contributed by atoms with E-state index in [1.165, 1.54) is 11.3 Å². The normalized spacial score (nSPS) is 16.9. The molecule has 0 aromatic carbocycles. The van der Waals surface area contributed by atoms with E-state index in [1.54, 1.807) is 6.20 Å². The highest BCUT2D eigenvalue weighted by molar-refractivity contribution is 7.15. The molecule has 0 aliphatic carbocycles. The second-order valence-corrected chi connectivity index (χ2v) is 7.82. The Bertz CT molecular complexity index is 525. The first-order chi connectivity index (χ1) is 9.77. The maximum absolute atomic E-state index is 12.2. The third-order valence-corrected chi connectivity index (χ3v) is 4.47. The lowest BCUT2D eigenvalue weighted by atomic mass is 9.91. The monoisotopic (exact) mass is 309 g/mol. The fourth-order valence-electron chi connectivity index (χ4n) is 2.44. The first kappa shape index (κ1) is 15.9. The van der Waals surface area contributed by atoms with Crippen molar-refractivity contribution in [2.24, 2.45) is 11.3 Å². The maximum atomic E-state index is 12.2. The van der Waals surface area contributed by atoms with E-state index in [0.29, 0.717) is 18.2 Å². The summed E-state index contributed by atoms with van der Waals surface area (Å²) in [5.74, 6) is 0.155. The van der Waals surface area contributed by atoms with Crippen molar-refractivity contribution in [3.8, 4) is 0 Å². The van der Waals surface area contributed by atoms with Crippen LogP contribution < -0.4 is 5.32 Å². The van der Waals surface area contributed by atoms with Crippen LogP contribution >= 0.6 is 11.3 Å². The molecular formula is C15H23N3O2S. The molecule has 0 radical (unpaired) electrons. The summed E-state index contributed by atoms with van der Waals surface area (Å²) >= 11 is 1.48. The Morgan fingerprint density at radius 3 is 2.43 bits per heavy atom. The SMILES string of the molecule is Cc1cnc(NC(=O)C2CCN(C(=O)C(C)(C)C)CC2)s1. The lowest BCUT2D eigenvalue weighted by molar-refractivity contribution is -0.142. The number of likely N-dealkylation sites (tertiary alicyclic amines) is 1. The Balaban J connectivity index is 1.86. The fourth-order valence-corrected chi connectivity index (χ4v) is 3.11. The quantitative estimate of drug-likeness (QED) is 0.913. The van der Waals surface area contributed by atoms with Gasteiger partial charge in [-0.05, 0) is 19.8 Å². The van der Waals surface area contributed by atoms with Gasteiger partial charge in [0.2, 0.25) is 11.8 Å². The van der Waals surface area contributed by atoms with E-state index in [-0.39, 0.29) is 23.1 Å². The molecule has 1 fully saturated rings. The number of nitrogens with zero attached hydrogens (tertiary/aromatic N) is 2. The number of aromatic nitrogens is 1. The van der Waals surface area contributed by atoms with Crippen LogP contribution in [0.15, 0.2) is 6.20 Å². The Morgan fingerprint density at radius 2 is 1.95 bits per heavy atom. The van der Waals surface area contributed by atoms with Gasteiger partial charge in [0.05, 0.1) is 0 Å². The minimum absolute atomic E-state index is 0.0206. The molecule has 1 aromatic rings. The zero-order valence-corrected chi connectivity index (χ0v) is 13.9. The van der Waals surface area contributed by atoms with Gasteiger partial charge in [-0.3, -0.25) is 9.59 Å². The van der Waals surface area contributed by atoms with Gasteiger partial charge in [0.15, 0.2) is 5.13 Å². The second-order valence-electron chi connectivity index (χ2n) is 6.58. The molecular weight excluding hydrogens is 286 g/mol. The van der Waals surface area contributed by atoms with Crippen molar-refractivity contribution in [1.29, 1.82) is 0 Å². The molecule has 1 aromatic heterocycles. The Kier molecular flexibility index (Phi) is 4.66. The van der Waals surface area contributed by atoms with Crippen LogP contribution in [-0.4, -0.2) is 34.8 Å². The standard InChI is InChI=1S/C15H23N3O2S/c1-10-9-16-14(21-10)17-12(19)11-5-7-18(8-6-11)13(20)15(2,3)4/h9,11H,5-8H2,1-4H3,(H,16,17,19). The molecule has 1 saturated heterocycles. The highest BCUT2D eigenvalue weighted by Crippen LogP contribution is 2.25. The molecule has 21 heavy (non-hydrogen) atoms. The summed E-state index contributed by atoms with van der Waals surface area (Å²) in [5, 5.41) is 3.53. The van der Waals surface area contributed by atoms with E-state index < -0.39 is 0 Å². The van der Waals surface area contributed by atoms with Gasteiger partial charge in [-0.15, -0.1) is 11.3 Å². The molecule has 0 atom stereocenters. The fraction of sp³-hybridized carbons (Fsp3) is 0.667. The molecule has 6 heteroatoms. The van der Waals surface area contributed by atoms with Gasteiger partial charge >= 0.3 is 0 Å². The predicted octanol–water partition coefficient (Wildman–Crippen LogP) is 2.67. The molecule has 0 saturated carbocycles. The third-order valence-electron chi connectivity index (χ3n) is 3.65. The van der Waals surface area contributed by atoms with Gasteiger partial charge in [-0.1, -0.05) is 20.8 Å². The van der Waals surface area contributed by atoms with Crippen LogP contribution in [0.2, 0.25) is 0 Å². The van der Waals surface area contributed by atoms with Gasteiger partial charge in [0, 0.05) is 35.5 Å². The van der Waals surface area contributed by atoms with E-state index in [2.05, 4.69) is 10.3 Å². The predicted molar refractivity (Wildman–Crippen MR) is 84.2 cm³/mol. The minimum Gasteiger partial charge on any atom is -0.342 e. The van der Waals surface area contributed by atoms with E-state index >= 15 is 0 Å². The second kappa shape index (κ2) is 6.13. The van der Waals surface area contributed by atoms with Crippen molar-refractivity contribution in [1.82, 2.24) is 9.88 Å². The number of hydrogen-bond donors (Lipinski definition) is 1. The van der Waals surface area contributed by atoms with Crippen molar-refractivity contribution in [2.75, 3.05) is 18.4 Å². The van der Waals surface area contributed by atoms with Crippen LogP contribution in [-0.2, 0) is 9.59 Å². The number of amides is 2. The van der Waals surface area contributed by atoms with Crippen LogP contribution in [0, 0.1) is 18.3 Å². The van der Waals surface area contributed by atoms with Crippen LogP contribution in [0.3, 0.4) is 0 Å². The maximum Gasteiger partial charge on any atom is 0.229 e.